The number of aliphatic hydroxyl groups is 2. The molecule has 2 aromatic rings. The van der Waals surface area contributed by atoms with Crippen molar-refractivity contribution in [1.29, 1.82) is 0 Å². The van der Waals surface area contributed by atoms with E-state index in [1.807, 2.05) is 0 Å². The van der Waals surface area contributed by atoms with Crippen LogP contribution in [-0.2, 0) is 58.9 Å². The Balaban J connectivity index is 1.09. The van der Waals surface area contributed by atoms with Crippen LogP contribution in [0.2, 0.25) is 0 Å². The van der Waals surface area contributed by atoms with Gasteiger partial charge in [0.05, 0.1) is 55.3 Å². The molecule has 0 bridgehead atoms. The Morgan fingerprint density at radius 3 is 2.24 bits per heavy atom. The molecule has 390 valence electrons. The molecule has 2 fully saturated rings. The van der Waals surface area contributed by atoms with E-state index in [1.54, 1.807) is 27.9 Å². The molecule has 2 aliphatic carbocycles. The van der Waals surface area contributed by atoms with Gasteiger partial charge < -0.3 is 70.1 Å². The second-order valence-electron chi connectivity index (χ2n) is 18.4. The number of imide groups is 1. The average molecular weight is 1010 g/mol. The summed E-state index contributed by atoms with van der Waals surface area (Å²) in [5.74, 6) is -8.62. The fourth-order valence-electron chi connectivity index (χ4n) is 9.87. The Kier molecular flexibility index (Phi) is 16.4. The Morgan fingerprint density at radius 1 is 0.889 bits per heavy atom. The molecule has 0 saturated carbocycles. The number of nitrogens with one attached hydrogen (secondary N) is 4. The number of phenolic OH excluding ortho intramolecular Hbond substituents is 2. The number of hydrogen-bond donors (Lipinski definition) is 8. The van der Waals surface area contributed by atoms with E-state index in [9.17, 15) is 58.8 Å². The lowest BCUT2D eigenvalue weighted by Gasteiger charge is -2.48. The zero-order valence-electron chi connectivity index (χ0n) is 40.6. The van der Waals surface area contributed by atoms with E-state index in [4.69, 9.17) is 28.4 Å². The first-order valence-corrected chi connectivity index (χ1v) is 23.4. The highest BCUT2D eigenvalue weighted by molar-refractivity contribution is 6.31. The van der Waals surface area contributed by atoms with Gasteiger partial charge in [0.1, 0.15) is 41.5 Å². The number of morpholine rings is 1. The summed E-state index contributed by atoms with van der Waals surface area (Å²) in [5.41, 5.74) is -4.16. The van der Waals surface area contributed by atoms with Crippen molar-refractivity contribution in [3.8, 4) is 17.2 Å². The second kappa shape index (κ2) is 22.2. The molecule has 8 N–H and O–H groups in total. The first kappa shape index (κ1) is 53.4. The van der Waals surface area contributed by atoms with Crippen LogP contribution in [0.25, 0.3) is 0 Å². The van der Waals surface area contributed by atoms with Gasteiger partial charge in [-0.15, -0.1) is 0 Å². The summed E-state index contributed by atoms with van der Waals surface area (Å²) in [5, 5.41) is 56.3. The van der Waals surface area contributed by atoms with E-state index in [0.29, 0.717) is 24.6 Å². The summed E-state index contributed by atoms with van der Waals surface area (Å²) in [4.78, 5) is 108. The fraction of sp³-hybridized carbons (Fsp3) is 0.542. The highest BCUT2D eigenvalue weighted by atomic mass is 16.7. The molecule has 3 heterocycles. The smallest absolute Gasteiger partial charge is 0.254 e. The van der Waals surface area contributed by atoms with Crippen molar-refractivity contribution in [2.24, 2.45) is 5.92 Å². The van der Waals surface area contributed by atoms with Crippen molar-refractivity contribution >= 4 is 47.0 Å². The largest absolute Gasteiger partial charge is 0.507 e. The van der Waals surface area contributed by atoms with Gasteiger partial charge in [-0.05, 0) is 18.9 Å². The number of rotatable bonds is 18. The highest BCUT2D eigenvalue weighted by Gasteiger charge is 2.51. The van der Waals surface area contributed by atoms with Gasteiger partial charge in [0.15, 0.2) is 18.4 Å². The number of fused-ring (bicyclic) bond motifs is 3. The molecule has 5 aliphatic rings. The predicted octanol–water partition coefficient (Wildman–Crippen LogP) is -1.78. The SMILES string of the molecule is COc1cccc2c1C(=O)c1c(O)c3c(c(O)c1C2=O)C[C@@](O)(C(=O)NCCNC(=O)C(CO)NC(=O)C(NC(=O)CN1C(=O)C=CC1=O)C(C)C)C[C@@H]3O[C@H]1C[C@H](N2CCO[C@H](OC)C2)[C@H](OC)[C@H](C)O1. The maximum Gasteiger partial charge on any atom is 0.254 e. The maximum atomic E-state index is 14.3. The monoisotopic (exact) mass is 1010 g/mol. The van der Waals surface area contributed by atoms with Gasteiger partial charge in [-0.25, -0.2) is 0 Å². The molecule has 6 amide bonds. The van der Waals surface area contributed by atoms with Crippen molar-refractivity contribution in [1.82, 2.24) is 31.1 Å². The number of nitrogens with zero attached hydrogens (tertiary/aromatic N) is 2. The summed E-state index contributed by atoms with van der Waals surface area (Å²) in [6, 6.07) is 1.20. The minimum Gasteiger partial charge on any atom is -0.507 e. The Bertz CT molecular complexity index is 2520. The summed E-state index contributed by atoms with van der Waals surface area (Å²) < 4.78 is 35.3. The number of aromatic hydroxyl groups is 2. The number of carbonyl (C=O) groups excluding carboxylic acids is 8. The summed E-state index contributed by atoms with van der Waals surface area (Å²) >= 11 is 0. The lowest BCUT2D eigenvalue weighted by atomic mass is 9.72. The zero-order chi connectivity index (χ0) is 52.3. The number of carbonyl (C=O) groups is 8. The van der Waals surface area contributed by atoms with E-state index in [2.05, 4.69) is 26.2 Å². The molecule has 7 rings (SSSR count). The normalized spacial score (nSPS) is 25.8. The van der Waals surface area contributed by atoms with Crippen LogP contribution in [0, 0.1) is 5.92 Å². The molecule has 24 nitrogen and oxygen atoms in total. The Labute approximate surface area is 413 Å². The van der Waals surface area contributed by atoms with E-state index in [1.165, 1.54) is 32.4 Å². The Morgan fingerprint density at radius 2 is 1.58 bits per heavy atom. The third-order valence-electron chi connectivity index (χ3n) is 13.5. The number of ether oxygens (including phenoxy) is 6. The van der Waals surface area contributed by atoms with Crippen molar-refractivity contribution < 1.29 is 87.2 Å². The van der Waals surface area contributed by atoms with E-state index in [-0.39, 0.29) is 53.6 Å². The predicted molar refractivity (Wildman–Crippen MR) is 246 cm³/mol. The molecule has 9 atom stereocenters. The number of benzene rings is 2. The zero-order valence-corrected chi connectivity index (χ0v) is 40.6. The van der Waals surface area contributed by atoms with Gasteiger partial charge in [0, 0.05) is 94.5 Å². The van der Waals surface area contributed by atoms with Crippen molar-refractivity contribution in [2.45, 2.75) is 94.7 Å². The molecule has 0 aromatic heterocycles. The molecule has 3 aliphatic heterocycles. The number of aliphatic hydroxyl groups excluding tert-OH is 1. The first-order valence-electron chi connectivity index (χ1n) is 23.4. The van der Waals surface area contributed by atoms with Crippen LogP contribution < -0.4 is 26.0 Å². The standard InChI is InChI=1S/C48H60N6O18/c1-22(2)39(52-30(56)19-54-31(57)10-11-32(54)58)46(64)51-26(21-55)45(63)49-12-13-50-47(65)48(66)17-25-36(43(62)38-37(41(25)60)40(59)24-8-7-9-28(67-4)35(24)42(38)61)29(18-48)72-33-16-27(44(69-6)23(3)71-33)53-14-15-70-34(20-53)68-5/h7-11,22-23,26-27,29,33-34,39,44,55,60,62,66H,12-21H2,1-6H3,(H,49,63)(H,50,65)(H,51,64)(H,52,56)/t23-,26?,27-,29-,33-,34-,39?,44+,48-/m0/s1. The third-order valence-corrected chi connectivity index (χ3v) is 13.5. The molecule has 0 radical (unpaired) electrons. The lowest BCUT2D eigenvalue weighted by molar-refractivity contribution is -0.270. The topological polar surface area (TPSA) is 327 Å². The lowest BCUT2D eigenvalue weighted by Crippen LogP contribution is -2.60. The quantitative estimate of drug-likeness (QED) is 0.0397. The average Bonchev–Trinajstić information content (AvgIpc) is 3.67. The van der Waals surface area contributed by atoms with Crippen LogP contribution in [0.4, 0.5) is 0 Å². The fourth-order valence-corrected chi connectivity index (χ4v) is 9.87. The Hall–Kier alpha value is -6.38. The van der Waals surface area contributed by atoms with Crippen LogP contribution in [0.3, 0.4) is 0 Å². The number of amides is 6. The third kappa shape index (κ3) is 10.6. The van der Waals surface area contributed by atoms with Crippen molar-refractivity contribution in [3.05, 3.63) is 63.7 Å². The van der Waals surface area contributed by atoms with Crippen LogP contribution in [0.5, 0.6) is 17.2 Å². The first-order chi connectivity index (χ1) is 34.3. The van der Waals surface area contributed by atoms with Gasteiger partial charge in [0.25, 0.3) is 17.7 Å². The maximum absolute atomic E-state index is 14.3. The van der Waals surface area contributed by atoms with E-state index in [0.717, 1.165) is 12.2 Å². The number of phenols is 2. The minimum atomic E-state index is -2.43. The molecule has 2 aromatic carbocycles. The van der Waals surface area contributed by atoms with E-state index < -0.39 is 150 Å². The van der Waals surface area contributed by atoms with Crippen LogP contribution in [0.1, 0.15) is 82.7 Å². The summed E-state index contributed by atoms with van der Waals surface area (Å²) in [6.07, 6.45) is -3.21. The molecule has 72 heavy (non-hydrogen) atoms. The van der Waals surface area contributed by atoms with Crippen molar-refractivity contribution in [2.75, 3.05) is 67.3 Å². The van der Waals surface area contributed by atoms with Crippen LogP contribution in [0.15, 0.2) is 30.4 Å². The number of methoxy groups -OCH3 is 3. The molecule has 2 saturated heterocycles. The number of hydrogen-bond acceptors (Lipinski definition) is 19. The van der Waals surface area contributed by atoms with Gasteiger partial charge in [0.2, 0.25) is 23.5 Å². The molecular weight excluding hydrogens is 949 g/mol. The molecular formula is C48H60N6O18. The van der Waals surface area contributed by atoms with E-state index >= 15 is 0 Å². The highest BCUT2D eigenvalue weighted by Crippen LogP contribution is 2.52. The van der Waals surface area contributed by atoms with Gasteiger partial charge in [-0.2, -0.15) is 0 Å². The van der Waals surface area contributed by atoms with Gasteiger partial charge in [-0.3, -0.25) is 48.2 Å². The van der Waals surface area contributed by atoms with Crippen LogP contribution in [-0.4, -0.2) is 193 Å². The summed E-state index contributed by atoms with van der Waals surface area (Å²) in [6.45, 7) is 4.06. The number of ketones is 2. The summed E-state index contributed by atoms with van der Waals surface area (Å²) in [7, 11) is 4.38. The minimum absolute atomic E-state index is 0.0505. The van der Waals surface area contributed by atoms with Gasteiger partial charge in [-0.1, -0.05) is 26.0 Å². The molecule has 24 heteroatoms. The molecule has 2 unspecified atom stereocenters. The second-order valence-corrected chi connectivity index (χ2v) is 18.4. The van der Waals surface area contributed by atoms with Gasteiger partial charge >= 0.3 is 0 Å². The molecule has 0 spiro atoms. The van der Waals surface area contributed by atoms with Crippen LogP contribution >= 0.6 is 0 Å². The van der Waals surface area contributed by atoms with Crippen molar-refractivity contribution in [3.63, 3.8) is 0 Å².